The molecule has 1 heterocycles. The second kappa shape index (κ2) is 4.74. The summed E-state index contributed by atoms with van der Waals surface area (Å²) >= 11 is 0. The Hall–Kier alpha value is -0.0551. The molecule has 0 aromatic carbocycles. The van der Waals surface area contributed by atoms with Gasteiger partial charge >= 0.3 is 0 Å². The summed E-state index contributed by atoms with van der Waals surface area (Å²) in [6.45, 7) is 0. The van der Waals surface area contributed by atoms with Gasteiger partial charge in [-0.05, 0) is 62.2 Å². The summed E-state index contributed by atoms with van der Waals surface area (Å²) in [5, 5.41) is 0. The first-order valence-electron chi connectivity index (χ1n) is 9.35. The second-order valence-electron chi connectivity index (χ2n) is 8.76. The van der Waals surface area contributed by atoms with Gasteiger partial charge in [0.25, 0.3) is 0 Å². The van der Waals surface area contributed by atoms with Crippen molar-refractivity contribution in [3.05, 3.63) is 0 Å². The molecular weight excluding hydrogens is 275 g/mol. The van der Waals surface area contributed by atoms with Gasteiger partial charge in [-0.25, -0.2) is 4.89 Å². The zero-order valence-corrected chi connectivity index (χ0v) is 13.6. The van der Waals surface area contributed by atoms with Crippen molar-refractivity contribution in [3.63, 3.8) is 0 Å². The molecule has 0 aromatic heterocycles. The lowest BCUT2D eigenvalue weighted by atomic mass is 9.46. The Balaban J connectivity index is 1.51. The molecule has 2 radical (unpaired) electrons. The van der Waals surface area contributed by atoms with Crippen LogP contribution in [0.2, 0.25) is 5.82 Å². The van der Waals surface area contributed by atoms with Gasteiger partial charge in [-0.3, -0.25) is 0 Å². The van der Waals surface area contributed by atoms with Crippen LogP contribution in [0, 0.1) is 29.6 Å². The average molecular weight is 302 g/mol. The molecule has 3 nitrogen and oxygen atoms in total. The second-order valence-corrected chi connectivity index (χ2v) is 8.76. The molecule has 0 amide bonds. The number of rotatable bonds is 2. The van der Waals surface area contributed by atoms with Crippen molar-refractivity contribution in [1.29, 1.82) is 0 Å². The third-order valence-electron chi connectivity index (χ3n) is 7.75. The monoisotopic (exact) mass is 302 g/mol. The highest BCUT2D eigenvalue weighted by atomic mass is 17.3. The predicted molar refractivity (Wildman–Crippen MR) is 83.1 cm³/mol. The van der Waals surface area contributed by atoms with E-state index < -0.39 is 5.79 Å². The van der Waals surface area contributed by atoms with Crippen LogP contribution >= 0.6 is 0 Å². The fraction of sp³-hybridized carbons (Fsp3) is 1.00. The van der Waals surface area contributed by atoms with Crippen molar-refractivity contribution in [2.24, 2.45) is 29.6 Å². The molecule has 4 bridgehead atoms. The lowest BCUT2D eigenvalue weighted by molar-refractivity contribution is -0.646. The first-order chi connectivity index (χ1) is 10.7. The quantitative estimate of drug-likeness (QED) is 0.576. The lowest BCUT2D eigenvalue weighted by Crippen LogP contribution is -2.80. The van der Waals surface area contributed by atoms with E-state index in [2.05, 4.69) is 0 Å². The highest BCUT2D eigenvalue weighted by Gasteiger charge is 2.77. The topological polar surface area (TPSA) is 27.7 Å². The molecule has 1 aliphatic heterocycles. The van der Waals surface area contributed by atoms with Gasteiger partial charge in [0, 0.05) is 13.0 Å². The third-order valence-corrected chi connectivity index (χ3v) is 7.75. The van der Waals surface area contributed by atoms with E-state index >= 15 is 0 Å². The number of ether oxygens (including phenoxy) is 1. The van der Waals surface area contributed by atoms with E-state index in [1.54, 1.807) is 0 Å². The van der Waals surface area contributed by atoms with Crippen molar-refractivity contribution in [3.8, 4) is 0 Å². The first-order valence-corrected chi connectivity index (χ1v) is 9.35. The van der Waals surface area contributed by atoms with E-state index in [4.69, 9.17) is 22.4 Å². The van der Waals surface area contributed by atoms with Gasteiger partial charge in [0.05, 0.1) is 7.85 Å². The van der Waals surface area contributed by atoms with Crippen LogP contribution in [-0.2, 0) is 14.5 Å². The molecule has 1 saturated heterocycles. The van der Waals surface area contributed by atoms with Gasteiger partial charge in [0.1, 0.15) is 0 Å². The van der Waals surface area contributed by atoms with Gasteiger partial charge in [-0.1, -0.05) is 25.1 Å². The highest BCUT2D eigenvalue weighted by Crippen LogP contribution is 2.69. The van der Waals surface area contributed by atoms with Crippen LogP contribution in [-0.4, -0.2) is 26.3 Å². The van der Waals surface area contributed by atoms with Crippen LogP contribution in [0.3, 0.4) is 0 Å². The molecule has 3 atom stereocenters. The van der Waals surface area contributed by atoms with Crippen molar-refractivity contribution in [2.75, 3.05) is 7.11 Å². The highest BCUT2D eigenvalue weighted by molar-refractivity contribution is 6.11. The van der Waals surface area contributed by atoms with Crippen molar-refractivity contribution in [1.82, 2.24) is 0 Å². The minimum Gasteiger partial charge on any atom is -0.348 e. The molecule has 6 rings (SSSR count). The summed E-state index contributed by atoms with van der Waals surface area (Å²) in [4.78, 5) is 11.9. The SMILES string of the molecule is [B]C1CCCC(C2(OC)OOC23C2CC4CC(C2)CC3C4)C1. The van der Waals surface area contributed by atoms with E-state index in [0.717, 1.165) is 24.7 Å². The Kier molecular flexibility index (Phi) is 3.08. The normalized spacial score (nSPS) is 59.7. The molecule has 5 saturated carbocycles. The molecule has 1 spiro atoms. The summed E-state index contributed by atoms with van der Waals surface area (Å²) in [6.07, 6.45) is 11.3. The molecule has 4 heteroatoms. The van der Waals surface area contributed by atoms with Crippen LogP contribution in [0.15, 0.2) is 0 Å². The standard InChI is InChI=1S/C18H27BO3/c1-20-18(13-3-2-4-16(19)10-13)17(21-22-18)14-6-11-5-12(8-14)9-15(17)7-11/h11-16H,2-10H2,1H3. The van der Waals surface area contributed by atoms with Crippen molar-refractivity contribution < 1.29 is 14.5 Å². The van der Waals surface area contributed by atoms with E-state index in [1.165, 1.54) is 44.9 Å². The number of methoxy groups -OCH3 is 1. The molecule has 120 valence electrons. The van der Waals surface area contributed by atoms with Gasteiger partial charge in [0.2, 0.25) is 5.79 Å². The Morgan fingerprint density at radius 2 is 1.55 bits per heavy atom. The van der Waals surface area contributed by atoms with E-state index in [1.807, 2.05) is 7.11 Å². The van der Waals surface area contributed by atoms with Crippen LogP contribution < -0.4 is 0 Å². The largest absolute Gasteiger partial charge is 0.348 e. The van der Waals surface area contributed by atoms with Gasteiger partial charge in [-0.2, -0.15) is 4.89 Å². The van der Waals surface area contributed by atoms with Gasteiger partial charge in [-0.15, -0.1) is 0 Å². The first kappa shape index (κ1) is 14.3. The summed E-state index contributed by atoms with van der Waals surface area (Å²) < 4.78 is 6.14. The molecule has 5 aliphatic carbocycles. The maximum Gasteiger partial charge on any atom is 0.237 e. The van der Waals surface area contributed by atoms with E-state index in [-0.39, 0.29) is 5.60 Å². The molecule has 0 aromatic rings. The predicted octanol–water partition coefficient (Wildman–Crippen LogP) is 3.63. The Bertz CT molecular complexity index is 435. The molecule has 22 heavy (non-hydrogen) atoms. The maximum absolute atomic E-state index is 6.27. The fourth-order valence-electron chi connectivity index (χ4n) is 7.13. The van der Waals surface area contributed by atoms with Crippen molar-refractivity contribution in [2.45, 2.75) is 75.0 Å². The number of hydrogen-bond donors (Lipinski definition) is 0. The van der Waals surface area contributed by atoms with Crippen LogP contribution in [0.1, 0.15) is 57.8 Å². The Labute approximate surface area is 134 Å². The zero-order valence-electron chi connectivity index (χ0n) is 13.6. The third kappa shape index (κ3) is 1.60. The number of hydrogen-bond acceptors (Lipinski definition) is 3. The Morgan fingerprint density at radius 1 is 0.864 bits per heavy atom. The molecule has 0 N–H and O–H groups in total. The minimum atomic E-state index is -0.520. The van der Waals surface area contributed by atoms with Gasteiger partial charge in [0.15, 0.2) is 5.60 Å². The minimum absolute atomic E-state index is 0.170. The average Bonchev–Trinajstić information content (AvgIpc) is 2.46. The van der Waals surface area contributed by atoms with E-state index in [9.17, 15) is 0 Å². The molecule has 6 fully saturated rings. The van der Waals surface area contributed by atoms with E-state index in [0.29, 0.717) is 23.6 Å². The summed E-state index contributed by atoms with van der Waals surface area (Å²) in [5.74, 6) is 3.30. The lowest BCUT2D eigenvalue weighted by Gasteiger charge is -2.70. The molecular formula is C18H27BO3. The van der Waals surface area contributed by atoms with Crippen molar-refractivity contribution >= 4 is 7.85 Å². The van der Waals surface area contributed by atoms with Crippen LogP contribution in [0.25, 0.3) is 0 Å². The fourth-order valence-corrected chi connectivity index (χ4v) is 7.13. The van der Waals surface area contributed by atoms with Crippen LogP contribution in [0.4, 0.5) is 0 Å². The molecule has 3 unspecified atom stereocenters. The Morgan fingerprint density at radius 3 is 2.05 bits per heavy atom. The summed E-state index contributed by atoms with van der Waals surface area (Å²) in [5.41, 5.74) is -0.170. The zero-order chi connectivity index (χ0) is 14.9. The smallest absolute Gasteiger partial charge is 0.237 e. The summed E-state index contributed by atoms with van der Waals surface area (Å²) in [6, 6.07) is 0. The van der Waals surface area contributed by atoms with Gasteiger partial charge < -0.3 is 4.74 Å². The maximum atomic E-state index is 6.27. The van der Waals surface area contributed by atoms with Crippen LogP contribution in [0.5, 0.6) is 0 Å². The molecule has 6 aliphatic rings. The summed E-state index contributed by atoms with van der Waals surface area (Å²) in [7, 11) is 8.10.